The fraction of sp³-hybridized carbons (Fsp3) is 0.636. The molecule has 15 heavy (non-hydrogen) atoms. The van der Waals surface area contributed by atoms with Crippen molar-refractivity contribution >= 4 is 11.8 Å². The minimum absolute atomic E-state index is 0.565. The maximum absolute atomic E-state index is 5.72. The van der Waals surface area contributed by atoms with Gasteiger partial charge >= 0.3 is 0 Å². The van der Waals surface area contributed by atoms with E-state index in [9.17, 15) is 0 Å². The van der Waals surface area contributed by atoms with E-state index in [4.69, 9.17) is 5.73 Å². The zero-order chi connectivity index (χ0) is 10.8. The number of piperidine rings is 1. The number of hydrogen-bond donors (Lipinski definition) is 1. The first kappa shape index (κ1) is 10.2. The van der Waals surface area contributed by atoms with Gasteiger partial charge in [-0.2, -0.15) is 4.98 Å². The first-order chi connectivity index (χ1) is 7.15. The number of nitrogen functional groups attached to an aromatic ring is 1. The van der Waals surface area contributed by atoms with E-state index in [0.29, 0.717) is 5.82 Å². The third-order valence-corrected chi connectivity index (χ3v) is 2.80. The predicted molar refractivity (Wildman–Crippen MR) is 61.8 cm³/mol. The molecule has 1 fully saturated rings. The van der Waals surface area contributed by atoms with Gasteiger partial charge in [0.2, 0.25) is 5.95 Å². The average Bonchev–Trinajstić information content (AvgIpc) is 2.16. The van der Waals surface area contributed by atoms with Crippen molar-refractivity contribution in [1.82, 2.24) is 9.97 Å². The second-order valence-corrected chi connectivity index (χ2v) is 4.43. The third-order valence-electron chi connectivity index (χ3n) is 2.80. The molecule has 2 heterocycles. The van der Waals surface area contributed by atoms with Crippen molar-refractivity contribution in [3.8, 4) is 0 Å². The van der Waals surface area contributed by atoms with E-state index in [0.717, 1.165) is 30.6 Å². The van der Waals surface area contributed by atoms with Gasteiger partial charge < -0.3 is 10.6 Å². The Hall–Kier alpha value is -1.32. The molecule has 82 valence electrons. The molecule has 4 heteroatoms. The molecule has 2 rings (SSSR count). The van der Waals surface area contributed by atoms with Crippen LogP contribution in [0.5, 0.6) is 0 Å². The molecule has 1 aromatic heterocycles. The van der Waals surface area contributed by atoms with Crippen molar-refractivity contribution in [3.63, 3.8) is 0 Å². The molecule has 0 aromatic carbocycles. The molecule has 0 spiro atoms. The van der Waals surface area contributed by atoms with Gasteiger partial charge in [0, 0.05) is 24.8 Å². The number of aryl methyl sites for hydroxylation is 1. The summed E-state index contributed by atoms with van der Waals surface area (Å²) < 4.78 is 0. The van der Waals surface area contributed by atoms with Gasteiger partial charge in [-0.1, -0.05) is 6.92 Å². The number of hydrogen-bond acceptors (Lipinski definition) is 4. The first-order valence-corrected chi connectivity index (χ1v) is 5.51. The van der Waals surface area contributed by atoms with Crippen LogP contribution in [0.4, 0.5) is 11.8 Å². The average molecular weight is 206 g/mol. The molecular formula is C11H18N4. The molecule has 2 N–H and O–H groups in total. The molecule has 0 unspecified atom stereocenters. The number of anilines is 2. The molecule has 1 aliphatic rings. The van der Waals surface area contributed by atoms with E-state index in [1.807, 2.05) is 6.92 Å². The molecule has 1 saturated heterocycles. The Morgan fingerprint density at radius 2 is 2.27 bits per heavy atom. The molecule has 1 aliphatic heterocycles. The van der Waals surface area contributed by atoms with Crippen LogP contribution in [0.1, 0.15) is 25.5 Å². The molecule has 0 saturated carbocycles. The highest BCUT2D eigenvalue weighted by Crippen LogP contribution is 2.20. The van der Waals surface area contributed by atoms with Crippen molar-refractivity contribution < 1.29 is 0 Å². The molecule has 0 amide bonds. The van der Waals surface area contributed by atoms with Gasteiger partial charge in [0.1, 0.15) is 5.82 Å². The van der Waals surface area contributed by atoms with Gasteiger partial charge in [0.25, 0.3) is 0 Å². The second kappa shape index (κ2) is 4.04. The van der Waals surface area contributed by atoms with E-state index in [1.165, 1.54) is 12.8 Å². The minimum atomic E-state index is 0.565. The third kappa shape index (κ3) is 2.37. The van der Waals surface area contributed by atoms with E-state index >= 15 is 0 Å². The Balaban J connectivity index is 2.20. The second-order valence-electron chi connectivity index (χ2n) is 4.43. The lowest BCUT2D eigenvalue weighted by molar-refractivity contribution is 0.442. The molecule has 4 nitrogen and oxygen atoms in total. The van der Waals surface area contributed by atoms with Crippen LogP contribution in [0.15, 0.2) is 6.07 Å². The molecule has 1 aromatic rings. The summed E-state index contributed by atoms with van der Waals surface area (Å²) in [6.45, 7) is 6.32. The lowest BCUT2D eigenvalue weighted by Crippen LogP contribution is -2.35. The first-order valence-electron chi connectivity index (χ1n) is 5.51. The summed E-state index contributed by atoms with van der Waals surface area (Å²) in [7, 11) is 0. The van der Waals surface area contributed by atoms with Crippen molar-refractivity contribution in [1.29, 1.82) is 0 Å². The van der Waals surface area contributed by atoms with Gasteiger partial charge in [0.05, 0.1) is 0 Å². The molecular weight excluding hydrogens is 188 g/mol. The highest BCUT2D eigenvalue weighted by Gasteiger charge is 2.18. The maximum Gasteiger partial charge on any atom is 0.227 e. The van der Waals surface area contributed by atoms with Gasteiger partial charge in [0.15, 0.2) is 0 Å². The van der Waals surface area contributed by atoms with E-state index in [-0.39, 0.29) is 0 Å². The topological polar surface area (TPSA) is 55.0 Å². The summed E-state index contributed by atoms with van der Waals surface area (Å²) in [4.78, 5) is 10.9. The minimum Gasteiger partial charge on any atom is -0.384 e. The van der Waals surface area contributed by atoms with Crippen molar-refractivity contribution in [3.05, 3.63) is 11.8 Å². The van der Waals surface area contributed by atoms with Crippen LogP contribution < -0.4 is 10.6 Å². The van der Waals surface area contributed by atoms with Crippen LogP contribution in [-0.4, -0.2) is 23.1 Å². The lowest BCUT2D eigenvalue weighted by Gasteiger charge is -2.31. The highest BCUT2D eigenvalue weighted by atomic mass is 15.3. The number of aromatic nitrogens is 2. The van der Waals surface area contributed by atoms with Crippen LogP contribution in [0.3, 0.4) is 0 Å². The summed E-state index contributed by atoms with van der Waals surface area (Å²) in [6.07, 6.45) is 2.52. The van der Waals surface area contributed by atoms with Crippen LogP contribution in [-0.2, 0) is 0 Å². The van der Waals surface area contributed by atoms with Crippen molar-refractivity contribution in [2.75, 3.05) is 23.7 Å². The molecule has 0 aliphatic carbocycles. The van der Waals surface area contributed by atoms with E-state index in [2.05, 4.69) is 21.8 Å². The summed E-state index contributed by atoms with van der Waals surface area (Å²) >= 11 is 0. The fourth-order valence-electron chi connectivity index (χ4n) is 2.09. The van der Waals surface area contributed by atoms with E-state index in [1.54, 1.807) is 6.07 Å². The Labute approximate surface area is 90.5 Å². The highest BCUT2D eigenvalue weighted by molar-refractivity contribution is 5.40. The molecule has 0 radical (unpaired) electrons. The Bertz CT molecular complexity index is 330. The van der Waals surface area contributed by atoms with Crippen molar-refractivity contribution in [2.24, 2.45) is 5.92 Å². The van der Waals surface area contributed by atoms with Gasteiger partial charge in [-0.15, -0.1) is 0 Å². The van der Waals surface area contributed by atoms with Crippen LogP contribution >= 0.6 is 0 Å². The predicted octanol–water partition coefficient (Wildman–Crippen LogP) is 1.60. The van der Waals surface area contributed by atoms with Gasteiger partial charge in [-0.25, -0.2) is 4.98 Å². The Morgan fingerprint density at radius 1 is 1.47 bits per heavy atom. The Kier molecular flexibility index (Phi) is 2.75. The number of rotatable bonds is 1. The Morgan fingerprint density at radius 3 is 2.93 bits per heavy atom. The van der Waals surface area contributed by atoms with Crippen LogP contribution in [0.25, 0.3) is 0 Å². The molecule has 0 bridgehead atoms. The monoisotopic (exact) mass is 206 g/mol. The summed E-state index contributed by atoms with van der Waals surface area (Å²) in [5, 5.41) is 0. The summed E-state index contributed by atoms with van der Waals surface area (Å²) in [6, 6.07) is 1.80. The zero-order valence-electron chi connectivity index (χ0n) is 9.40. The van der Waals surface area contributed by atoms with E-state index < -0.39 is 0 Å². The fourth-order valence-corrected chi connectivity index (χ4v) is 2.09. The van der Waals surface area contributed by atoms with Gasteiger partial charge in [-0.3, -0.25) is 0 Å². The quantitative estimate of drug-likeness (QED) is 0.758. The summed E-state index contributed by atoms with van der Waals surface area (Å²) in [5.74, 6) is 2.08. The lowest BCUT2D eigenvalue weighted by atomic mass is 10.0. The van der Waals surface area contributed by atoms with Crippen molar-refractivity contribution in [2.45, 2.75) is 26.7 Å². The SMILES string of the molecule is Cc1cc(N)nc(N2CCC[C@H](C)C2)n1. The standard InChI is InChI=1S/C11H18N4/c1-8-4-3-5-15(7-8)11-13-9(2)6-10(12)14-11/h6,8H,3-5,7H2,1-2H3,(H2,12,13,14)/t8-/m0/s1. The maximum atomic E-state index is 5.72. The van der Waals surface area contributed by atoms with Crippen LogP contribution in [0.2, 0.25) is 0 Å². The number of nitrogens with two attached hydrogens (primary N) is 1. The van der Waals surface area contributed by atoms with Gasteiger partial charge in [-0.05, 0) is 25.7 Å². The smallest absolute Gasteiger partial charge is 0.227 e. The number of nitrogens with zero attached hydrogens (tertiary/aromatic N) is 3. The van der Waals surface area contributed by atoms with Crippen LogP contribution in [0, 0.1) is 12.8 Å². The summed E-state index contributed by atoms with van der Waals surface area (Å²) in [5.41, 5.74) is 6.66. The molecule has 1 atom stereocenters. The largest absolute Gasteiger partial charge is 0.384 e. The zero-order valence-corrected chi connectivity index (χ0v) is 9.40. The normalized spacial score (nSPS) is 21.7.